The van der Waals surface area contributed by atoms with Crippen molar-refractivity contribution in [1.82, 2.24) is 15.3 Å². The Bertz CT molecular complexity index is 1230. The smallest absolute Gasteiger partial charge is 0.261 e. The number of halogens is 1. The number of sulfonamides is 1. The van der Waals surface area contributed by atoms with Crippen LogP contribution in [0.3, 0.4) is 0 Å². The van der Waals surface area contributed by atoms with Gasteiger partial charge in [-0.25, -0.2) is 18.4 Å². The van der Waals surface area contributed by atoms with Gasteiger partial charge in [0.2, 0.25) is 5.91 Å². The molecule has 0 spiro atoms. The van der Waals surface area contributed by atoms with Crippen molar-refractivity contribution in [2.24, 2.45) is 0 Å². The summed E-state index contributed by atoms with van der Waals surface area (Å²) in [6.45, 7) is 1.96. The molecule has 2 heterocycles. The molecule has 11 heteroatoms. The monoisotopic (exact) mass is 491 g/mol. The minimum atomic E-state index is -3.83. The lowest BCUT2D eigenvalue weighted by Gasteiger charge is -2.26. The zero-order valence-corrected chi connectivity index (χ0v) is 19.6. The van der Waals surface area contributed by atoms with Crippen LogP contribution in [0.15, 0.2) is 47.5 Å². The molecule has 1 fully saturated rings. The number of thiazole rings is 1. The van der Waals surface area contributed by atoms with E-state index in [-0.39, 0.29) is 21.6 Å². The number of aromatic nitrogens is 2. The highest BCUT2D eigenvalue weighted by molar-refractivity contribution is 7.92. The van der Waals surface area contributed by atoms with Gasteiger partial charge in [-0.2, -0.15) is 0 Å². The number of carbonyl (C=O) groups excluding carboxylic acids is 1. The number of rotatable bonds is 8. The molecular formula is C21H22ClN5O3S2. The molecule has 3 aromatic rings. The second-order valence-corrected chi connectivity index (χ2v) is 10.5. The minimum Gasteiger partial charge on any atom is -0.308 e. The van der Waals surface area contributed by atoms with Gasteiger partial charge in [0.25, 0.3) is 10.0 Å². The van der Waals surface area contributed by atoms with Gasteiger partial charge in [0.15, 0.2) is 10.3 Å². The Labute approximate surface area is 195 Å². The van der Waals surface area contributed by atoms with Gasteiger partial charge < -0.3 is 10.6 Å². The molecule has 3 N–H and O–H groups in total. The van der Waals surface area contributed by atoms with Crippen molar-refractivity contribution >= 4 is 49.7 Å². The van der Waals surface area contributed by atoms with Crippen molar-refractivity contribution in [3.8, 4) is 10.4 Å². The normalized spacial score (nSPS) is 14.1. The Morgan fingerprint density at radius 2 is 2.00 bits per heavy atom. The first-order valence-corrected chi connectivity index (χ1v) is 12.7. The SMILES string of the molecule is CC(=O)Nc1nc(CNC2CCC2)c(-c2cnc(Cl)c(NS(=O)(=O)c3ccccc3)c2)s1. The molecular weight excluding hydrogens is 470 g/mol. The van der Waals surface area contributed by atoms with Gasteiger partial charge in [-0.3, -0.25) is 9.52 Å². The molecule has 0 unspecified atom stereocenters. The van der Waals surface area contributed by atoms with E-state index in [9.17, 15) is 13.2 Å². The van der Waals surface area contributed by atoms with E-state index in [0.29, 0.717) is 23.3 Å². The zero-order chi connectivity index (χ0) is 22.7. The highest BCUT2D eigenvalue weighted by Gasteiger charge is 2.21. The predicted molar refractivity (Wildman–Crippen MR) is 126 cm³/mol. The summed E-state index contributed by atoms with van der Waals surface area (Å²) >= 11 is 7.50. The molecule has 2 aromatic heterocycles. The van der Waals surface area contributed by atoms with Gasteiger partial charge >= 0.3 is 0 Å². The molecule has 1 saturated carbocycles. The van der Waals surface area contributed by atoms with Crippen LogP contribution in [-0.2, 0) is 21.4 Å². The van der Waals surface area contributed by atoms with E-state index in [1.54, 1.807) is 30.5 Å². The van der Waals surface area contributed by atoms with E-state index >= 15 is 0 Å². The van der Waals surface area contributed by atoms with Crippen LogP contribution in [0.25, 0.3) is 10.4 Å². The Morgan fingerprint density at radius 1 is 1.25 bits per heavy atom. The number of nitrogens with zero attached hydrogens (tertiary/aromatic N) is 2. The van der Waals surface area contributed by atoms with Crippen molar-refractivity contribution < 1.29 is 13.2 Å². The quantitative estimate of drug-likeness (QED) is 0.406. The van der Waals surface area contributed by atoms with Crippen LogP contribution in [0, 0.1) is 0 Å². The van der Waals surface area contributed by atoms with Crippen molar-refractivity contribution in [3.63, 3.8) is 0 Å². The zero-order valence-electron chi connectivity index (χ0n) is 17.3. The van der Waals surface area contributed by atoms with Gasteiger partial charge in [0.05, 0.1) is 21.2 Å². The van der Waals surface area contributed by atoms with Crippen LogP contribution >= 0.6 is 22.9 Å². The largest absolute Gasteiger partial charge is 0.308 e. The molecule has 1 aliphatic carbocycles. The summed E-state index contributed by atoms with van der Waals surface area (Å²) in [4.78, 5) is 21.2. The third-order valence-corrected chi connectivity index (χ3v) is 7.79. The second-order valence-electron chi connectivity index (χ2n) is 7.47. The fourth-order valence-electron chi connectivity index (χ4n) is 3.20. The Balaban J connectivity index is 1.65. The van der Waals surface area contributed by atoms with E-state index in [1.165, 1.54) is 36.8 Å². The lowest BCUT2D eigenvalue weighted by molar-refractivity contribution is -0.114. The molecule has 0 radical (unpaired) electrons. The summed E-state index contributed by atoms with van der Waals surface area (Å²) in [6.07, 6.45) is 5.04. The number of hydrogen-bond donors (Lipinski definition) is 3. The summed E-state index contributed by atoms with van der Waals surface area (Å²) in [5, 5.41) is 6.70. The fraction of sp³-hybridized carbons (Fsp3) is 0.286. The molecule has 0 saturated heterocycles. The summed E-state index contributed by atoms with van der Waals surface area (Å²) in [6, 6.07) is 10.1. The minimum absolute atomic E-state index is 0.0361. The molecule has 8 nitrogen and oxygen atoms in total. The van der Waals surface area contributed by atoms with Crippen LogP contribution < -0.4 is 15.4 Å². The van der Waals surface area contributed by atoms with Crippen LogP contribution in [0.2, 0.25) is 5.15 Å². The number of carbonyl (C=O) groups is 1. The summed E-state index contributed by atoms with van der Waals surface area (Å²) in [7, 11) is -3.83. The molecule has 168 valence electrons. The van der Waals surface area contributed by atoms with Gasteiger partial charge in [0.1, 0.15) is 0 Å². The maximum atomic E-state index is 12.7. The molecule has 4 rings (SSSR count). The average molecular weight is 492 g/mol. The van der Waals surface area contributed by atoms with E-state index in [0.717, 1.165) is 23.4 Å². The second kappa shape index (κ2) is 9.53. The first-order chi connectivity index (χ1) is 15.3. The van der Waals surface area contributed by atoms with Crippen molar-refractivity contribution in [2.75, 3.05) is 10.0 Å². The fourth-order valence-corrected chi connectivity index (χ4v) is 5.50. The molecule has 0 aliphatic heterocycles. The van der Waals surface area contributed by atoms with Gasteiger partial charge in [-0.05, 0) is 31.0 Å². The van der Waals surface area contributed by atoms with E-state index in [1.807, 2.05) is 0 Å². The maximum absolute atomic E-state index is 12.7. The van der Waals surface area contributed by atoms with Gasteiger partial charge in [-0.1, -0.05) is 47.6 Å². The lowest BCUT2D eigenvalue weighted by atomic mass is 9.93. The lowest BCUT2D eigenvalue weighted by Crippen LogP contribution is -2.34. The first kappa shape index (κ1) is 22.7. The van der Waals surface area contributed by atoms with E-state index < -0.39 is 10.0 Å². The number of amides is 1. The Hall–Kier alpha value is -2.53. The van der Waals surface area contributed by atoms with Gasteiger partial charge in [0, 0.05) is 31.3 Å². The molecule has 32 heavy (non-hydrogen) atoms. The first-order valence-electron chi connectivity index (χ1n) is 10.1. The standard InChI is InChI=1S/C21H22ClN5O3S2/c1-13(28)25-21-26-18(12-23-15-6-5-7-15)19(31-21)14-10-17(20(22)24-11-14)27-32(29,30)16-8-3-2-4-9-16/h2-4,8-11,15,23,27H,5-7,12H2,1H3,(H,25,26,28). The highest BCUT2D eigenvalue weighted by atomic mass is 35.5. The topological polar surface area (TPSA) is 113 Å². The predicted octanol–water partition coefficient (Wildman–Crippen LogP) is 4.26. The number of anilines is 2. The summed E-state index contributed by atoms with van der Waals surface area (Å²) in [5.41, 5.74) is 1.58. The van der Waals surface area contributed by atoms with Crippen LogP contribution in [0.4, 0.5) is 10.8 Å². The number of nitrogens with one attached hydrogen (secondary N) is 3. The number of benzene rings is 1. The summed E-state index contributed by atoms with van der Waals surface area (Å²) in [5.74, 6) is -0.214. The number of pyridine rings is 1. The molecule has 0 bridgehead atoms. The Morgan fingerprint density at radius 3 is 2.66 bits per heavy atom. The van der Waals surface area contributed by atoms with Crippen LogP contribution in [-0.4, -0.2) is 30.3 Å². The average Bonchev–Trinajstić information content (AvgIpc) is 3.11. The third kappa shape index (κ3) is 5.26. The van der Waals surface area contributed by atoms with E-state index in [2.05, 4.69) is 25.3 Å². The number of hydrogen-bond acceptors (Lipinski definition) is 7. The maximum Gasteiger partial charge on any atom is 0.261 e. The van der Waals surface area contributed by atoms with E-state index in [4.69, 9.17) is 11.6 Å². The van der Waals surface area contributed by atoms with Crippen LogP contribution in [0.5, 0.6) is 0 Å². The molecule has 1 aliphatic rings. The highest BCUT2D eigenvalue weighted by Crippen LogP contribution is 2.36. The van der Waals surface area contributed by atoms with Crippen molar-refractivity contribution in [2.45, 2.75) is 43.7 Å². The third-order valence-electron chi connectivity index (χ3n) is 5.04. The van der Waals surface area contributed by atoms with Gasteiger partial charge in [-0.15, -0.1) is 0 Å². The van der Waals surface area contributed by atoms with Crippen molar-refractivity contribution in [3.05, 3.63) is 53.4 Å². The Kier molecular flexibility index (Phi) is 6.75. The molecule has 1 amide bonds. The van der Waals surface area contributed by atoms with Crippen molar-refractivity contribution in [1.29, 1.82) is 0 Å². The molecule has 1 aromatic carbocycles. The molecule has 0 atom stereocenters. The van der Waals surface area contributed by atoms with Crippen LogP contribution in [0.1, 0.15) is 31.9 Å². The summed E-state index contributed by atoms with van der Waals surface area (Å²) < 4.78 is 28.0.